The van der Waals surface area contributed by atoms with E-state index in [0.29, 0.717) is 30.9 Å². The first-order chi connectivity index (χ1) is 16.0. The zero-order valence-corrected chi connectivity index (χ0v) is 19.5. The van der Waals surface area contributed by atoms with Crippen LogP contribution in [0.3, 0.4) is 0 Å². The van der Waals surface area contributed by atoms with E-state index in [4.69, 9.17) is 9.47 Å². The predicted octanol–water partition coefficient (Wildman–Crippen LogP) is 4.01. The summed E-state index contributed by atoms with van der Waals surface area (Å²) in [4.78, 5) is 58.8. The van der Waals surface area contributed by atoms with Crippen LogP contribution in [0.25, 0.3) is 0 Å². The summed E-state index contributed by atoms with van der Waals surface area (Å²) in [7, 11) is 0. The molecule has 0 spiro atoms. The Morgan fingerprint density at radius 2 is 1.18 bits per heavy atom. The lowest BCUT2D eigenvalue weighted by Gasteiger charge is -2.08. The quantitative estimate of drug-likeness (QED) is 0.286. The summed E-state index contributed by atoms with van der Waals surface area (Å²) in [6, 6.07) is 6.80. The predicted molar refractivity (Wildman–Crippen MR) is 127 cm³/mol. The van der Waals surface area contributed by atoms with Gasteiger partial charge in [0, 0.05) is 28.6 Å². The molecule has 1 aliphatic carbocycles. The number of esters is 2. The maximum Gasteiger partial charge on any atom is 0.340 e. The Morgan fingerprint density at radius 1 is 0.788 bits per heavy atom. The van der Waals surface area contributed by atoms with Gasteiger partial charge in [0.15, 0.2) is 12.6 Å². The monoisotopic (exact) mass is 484 g/mol. The van der Waals surface area contributed by atoms with Crippen LogP contribution in [0.1, 0.15) is 49.4 Å². The minimum atomic E-state index is -0.697. The van der Waals surface area contributed by atoms with Crippen LogP contribution in [0.15, 0.2) is 56.8 Å². The average Bonchev–Trinajstić information content (AvgIpc) is 3.54. The Hall–Kier alpha value is -3.50. The Labute approximate surface area is 198 Å². The van der Waals surface area contributed by atoms with Crippen LogP contribution in [-0.2, 0) is 19.1 Å². The van der Waals surface area contributed by atoms with E-state index >= 15 is 0 Å². The lowest BCUT2D eigenvalue weighted by atomic mass is 10.1. The van der Waals surface area contributed by atoms with Gasteiger partial charge in [0.05, 0.1) is 45.5 Å². The number of aldehydes is 2. The molecule has 33 heavy (non-hydrogen) atoms. The summed E-state index contributed by atoms with van der Waals surface area (Å²) < 4.78 is 10.3. The van der Waals surface area contributed by atoms with Gasteiger partial charge >= 0.3 is 11.9 Å². The molecular weight excluding hydrogens is 464 g/mol. The number of nitrogens with zero attached hydrogens (tertiary/aromatic N) is 2. The molecule has 2 aromatic rings. The van der Waals surface area contributed by atoms with Crippen molar-refractivity contribution in [2.24, 2.45) is 9.98 Å². The maximum atomic E-state index is 12.8. The lowest BCUT2D eigenvalue weighted by Crippen LogP contribution is -2.17. The first-order valence-corrected chi connectivity index (χ1v) is 11.6. The molecule has 2 aromatic heterocycles. The van der Waals surface area contributed by atoms with Gasteiger partial charge in [0.1, 0.15) is 0 Å². The van der Waals surface area contributed by atoms with Gasteiger partial charge in [0.25, 0.3) is 0 Å². The first-order valence-electron chi connectivity index (χ1n) is 9.99. The molecule has 1 aliphatic rings. The highest BCUT2D eigenvalue weighted by Crippen LogP contribution is 2.36. The van der Waals surface area contributed by atoms with Gasteiger partial charge in [-0.2, -0.15) is 0 Å². The van der Waals surface area contributed by atoms with Crippen LogP contribution >= 0.6 is 22.7 Å². The lowest BCUT2D eigenvalue weighted by molar-refractivity contribution is -0.142. The fraction of sp³-hybridized carbons (Fsp3) is 0.217. The van der Waals surface area contributed by atoms with Crippen LogP contribution in [-0.4, -0.2) is 50.2 Å². The molecule has 0 saturated heterocycles. The second-order valence-corrected chi connectivity index (χ2v) is 8.79. The molecule has 2 heterocycles. The zero-order valence-electron chi connectivity index (χ0n) is 17.9. The van der Waals surface area contributed by atoms with Crippen LogP contribution in [0.2, 0.25) is 0 Å². The van der Waals surface area contributed by atoms with Gasteiger partial charge in [-0.3, -0.25) is 19.6 Å². The van der Waals surface area contributed by atoms with Crippen LogP contribution in [0.5, 0.6) is 0 Å². The number of ether oxygens (including phenoxy) is 2. The van der Waals surface area contributed by atoms with E-state index in [-0.39, 0.29) is 30.8 Å². The highest BCUT2D eigenvalue weighted by Gasteiger charge is 2.35. The SMILES string of the molecule is CCOC(=O)C1=C(/N=C/c2ccc(C=O)s2)CC(/N=C/c2ccc(C=O)s2)=C1C(=O)OCC. The number of carbonyl (C=O) groups is 4. The smallest absolute Gasteiger partial charge is 0.340 e. The Morgan fingerprint density at radius 3 is 1.52 bits per heavy atom. The van der Waals surface area contributed by atoms with Crippen LogP contribution in [0, 0.1) is 0 Å². The largest absolute Gasteiger partial charge is 0.462 e. The van der Waals surface area contributed by atoms with Gasteiger partial charge in [-0.25, -0.2) is 9.59 Å². The number of carbonyl (C=O) groups excluding carboxylic acids is 4. The van der Waals surface area contributed by atoms with E-state index in [1.807, 2.05) is 0 Å². The molecule has 0 aliphatic heterocycles. The molecule has 0 fully saturated rings. The van der Waals surface area contributed by atoms with Crippen molar-refractivity contribution in [2.75, 3.05) is 13.2 Å². The highest BCUT2D eigenvalue weighted by molar-refractivity contribution is 7.15. The molecule has 0 amide bonds. The zero-order chi connectivity index (χ0) is 23.8. The normalized spacial score (nSPS) is 13.9. The third kappa shape index (κ3) is 5.85. The van der Waals surface area contributed by atoms with Gasteiger partial charge < -0.3 is 9.47 Å². The van der Waals surface area contributed by atoms with Crippen molar-refractivity contribution in [1.29, 1.82) is 0 Å². The number of thiophene rings is 2. The van der Waals surface area contributed by atoms with E-state index in [1.165, 1.54) is 35.1 Å². The summed E-state index contributed by atoms with van der Waals surface area (Å²) >= 11 is 2.49. The number of aliphatic imine (C=N–C) groups is 2. The third-order valence-corrected chi connectivity index (χ3v) is 6.23. The highest BCUT2D eigenvalue weighted by atomic mass is 32.1. The second-order valence-electron chi connectivity index (χ2n) is 6.49. The third-order valence-electron chi connectivity index (χ3n) is 4.34. The van der Waals surface area contributed by atoms with E-state index < -0.39 is 11.9 Å². The van der Waals surface area contributed by atoms with Crippen LogP contribution < -0.4 is 0 Å². The fourth-order valence-corrected chi connectivity index (χ4v) is 4.37. The van der Waals surface area contributed by atoms with E-state index in [9.17, 15) is 19.2 Å². The molecule has 170 valence electrons. The van der Waals surface area contributed by atoms with Crippen molar-refractivity contribution < 1.29 is 28.7 Å². The summed E-state index contributed by atoms with van der Waals surface area (Å²) in [5.41, 5.74) is 0.630. The first kappa shape index (κ1) is 24.1. The van der Waals surface area contributed by atoms with Crippen molar-refractivity contribution in [3.63, 3.8) is 0 Å². The Kier molecular flexibility index (Phi) is 8.34. The van der Waals surface area contributed by atoms with Gasteiger partial charge in [-0.05, 0) is 38.1 Å². The minimum absolute atomic E-state index is 0.00521. The Balaban J connectivity index is 2.02. The van der Waals surface area contributed by atoms with Crippen molar-refractivity contribution in [3.05, 3.63) is 66.3 Å². The number of hydrogen-bond donors (Lipinski definition) is 0. The minimum Gasteiger partial charge on any atom is -0.462 e. The molecule has 8 nitrogen and oxygen atoms in total. The van der Waals surface area contributed by atoms with Crippen LogP contribution in [0.4, 0.5) is 0 Å². The Bertz CT molecular complexity index is 1110. The summed E-state index contributed by atoms with van der Waals surface area (Å²) in [5, 5.41) is 0. The van der Waals surface area contributed by atoms with Crippen molar-refractivity contribution in [2.45, 2.75) is 20.3 Å². The summed E-state index contributed by atoms with van der Waals surface area (Å²) in [6.45, 7) is 3.56. The second kappa shape index (κ2) is 11.4. The molecule has 0 radical (unpaired) electrons. The molecule has 0 N–H and O–H groups in total. The molecule has 0 bridgehead atoms. The number of rotatable bonds is 10. The molecule has 3 rings (SSSR count). The molecule has 0 aromatic carbocycles. The summed E-state index contributed by atoms with van der Waals surface area (Å²) in [5.74, 6) is -1.39. The van der Waals surface area contributed by atoms with Crippen molar-refractivity contribution >= 4 is 59.6 Å². The van der Waals surface area contributed by atoms with Crippen molar-refractivity contribution in [1.82, 2.24) is 0 Å². The van der Waals surface area contributed by atoms with Gasteiger partial charge in [0.2, 0.25) is 0 Å². The van der Waals surface area contributed by atoms with E-state index in [1.54, 1.807) is 38.1 Å². The topological polar surface area (TPSA) is 111 Å². The van der Waals surface area contributed by atoms with Gasteiger partial charge in [-0.1, -0.05) is 0 Å². The number of hydrogen-bond acceptors (Lipinski definition) is 10. The molecule has 0 atom stereocenters. The van der Waals surface area contributed by atoms with E-state index in [0.717, 1.165) is 12.6 Å². The maximum absolute atomic E-state index is 12.8. The average molecular weight is 485 g/mol. The van der Waals surface area contributed by atoms with Crippen molar-refractivity contribution in [3.8, 4) is 0 Å². The van der Waals surface area contributed by atoms with E-state index in [2.05, 4.69) is 9.98 Å². The molecule has 0 saturated carbocycles. The fourth-order valence-electron chi connectivity index (χ4n) is 2.98. The summed E-state index contributed by atoms with van der Waals surface area (Å²) in [6.07, 6.45) is 4.64. The standard InChI is InChI=1S/C23H20N2O6S2/c1-3-30-22(28)20-18(24-10-14-5-7-16(12-26)32-14)9-19(21(20)23(29)31-4-2)25-11-15-6-8-17(13-27)33-15/h5-8,10-13H,3-4,9H2,1-2H3/b24-10+,25-11+. The molecular formula is C23H20N2O6S2. The molecule has 10 heteroatoms. The molecule has 0 unspecified atom stereocenters. The van der Waals surface area contributed by atoms with Gasteiger partial charge in [-0.15, -0.1) is 22.7 Å².